The van der Waals surface area contributed by atoms with Crippen LogP contribution in [0.15, 0.2) is 47.7 Å². The molecular formula is C24H22ClF2N5O3. The molecule has 4 aromatic rings. The van der Waals surface area contributed by atoms with Crippen molar-refractivity contribution in [3.63, 3.8) is 0 Å². The molecule has 182 valence electrons. The van der Waals surface area contributed by atoms with Crippen molar-refractivity contribution in [2.24, 2.45) is 0 Å². The van der Waals surface area contributed by atoms with Crippen LogP contribution < -0.4 is 10.3 Å². The molecule has 4 rings (SSSR count). The Balaban J connectivity index is 1.74. The van der Waals surface area contributed by atoms with Crippen LogP contribution in [0.3, 0.4) is 0 Å². The Morgan fingerprint density at radius 1 is 1.23 bits per heavy atom. The van der Waals surface area contributed by atoms with Crippen molar-refractivity contribution in [2.75, 3.05) is 0 Å². The number of aryl methyl sites for hydroxylation is 1. The second-order valence-corrected chi connectivity index (χ2v) is 8.65. The molecule has 0 aliphatic heterocycles. The summed E-state index contributed by atoms with van der Waals surface area (Å²) in [6, 6.07) is 4.98. The molecule has 35 heavy (non-hydrogen) atoms. The molecule has 0 saturated carbocycles. The summed E-state index contributed by atoms with van der Waals surface area (Å²) in [5.74, 6) is -2.21. The molecule has 11 heteroatoms. The van der Waals surface area contributed by atoms with Gasteiger partial charge < -0.3 is 9.84 Å². The van der Waals surface area contributed by atoms with E-state index < -0.39 is 40.1 Å². The van der Waals surface area contributed by atoms with Gasteiger partial charge in [-0.2, -0.15) is 5.10 Å². The number of aromatic nitrogens is 5. The summed E-state index contributed by atoms with van der Waals surface area (Å²) in [7, 11) is 0. The highest BCUT2D eigenvalue weighted by Gasteiger charge is 2.21. The normalized spacial score (nSPS) is 12.9. The van der Waals surface area contributed by atoms with E-state index in [0.717, 1.165) is 0 Å². The second kappa shape index (κ2) is 9.20. The van der Waals surface area contributed by atoms with E-state index in [1.807, 2.05) is 0 Å². The van der Waals surface area contributed by atoms with Crippen molar-refractivity contribution in [3.05, 3.63) is 92.5 Å². The maximum atomic E-state index is 14.1. The number of rotatable bonds is 6. The smallest absolute Gasteiger partial charge is 0.277 e. The van der Waals surface area contributed by atoms with E-state index >= 15 is 0 Å². The Labute approximate surface area is 207 Å². The highest BCUT2D eigenvalue weighted by molar-refractivity contribution is 6.31. The molecule has 0 fully saturated rings. The number of nitrogens with zero attached hydrogens (tertiary/aromatic N) is 5. The van der Waals surface area contributed by atoms with Gasteiger partial charge in [0.25, 0.3) is 5.56 Å². The molecule has 0 atom stereocenters. The lowest BCUT2D eigenvalue weighted by Crippen LogP contribution is -2.21. The maximum Gasteiger partial charge on any atom is 0.277 e. The topological polar surface area (TPSA) is 95.1 Å². The van der Waals surface area contributed by atoms with Gasteiger partial charge in [0.05, 0.1) is 20.3 Å². The Morgan fingerprint density at radius 3 is 2.63 bits per heavy atom. The monoisotopic (exact) mass is 503 g/mol. The summed E-state index contributed by atoms with van der Waals surface area (Å²) < 4.78 is 51.3. The van der Waals surface area contributed by atoms with E-state index in [9.17, 15) is 18.7 Å². The zero-order chi connectivity index (χ0) is 27.3. The third kappa shape index (κ3) is 4.94. The van der Waals surface area contributed by atoms with Gasteiger partial charge in [0.1, 0.15) is 34.4 Å². The van der Waals surface area contributed by atoms with Crippen molar-refractivity contribution < 1.29 is 21.4 Å². The zero-order valence-corrected chi connectivity index (χ0v) is 19.9. The minimum Gasteiger partial charge on any atom is -0.485 e. The molecule has 0 aromatic carbocycles. The van der Waals surface area contributed by atoms with Crippen molar-refractivity contribution in [1.82, 2.24) is 24.3 Å². The van der Waals surface area contributed by atoms with Crippen molar-refractivity contribution >= 4 is 11.6 Å². The Morgan fingerprint density at radius 2 is 1.97 bits per heavy atom. The number of pyridine rings is 3. The predicted molar refractivity (Wildman–Crippen MR) is 125 cm³/mol. The van der Waals surface area contributed by atoms with Crippen LogP contribution in [-0.4, -0.2) is 29.4 Å². The first-order chi connectivity index (χ1) is 17.2. The third-order valence-electron chi connectivity index (χ3n) is 5.25. The molecule has 0 unspecified atom stereocenters. The summed E-state index contributed by atoms with van der Waals surface area (Å²) in [5, 5.41) is 14.1. The van der Waals surface area contributed by atoms with Crippen LogP contribution in [0.25, 0.3) is 11.5 Å². The molecule has 0 aliphatic rings. The van der Waals surface area contributed by atoms with Gasteiger partial charge in [-0.3, -0.25) is 14.3 Å². The minimum atomic E-state index is -2.85. The molecule has 4 aromatic heterocycles. The lowest BCUT2D eigenvalue weighted by Gasteiger charge is -2.16. The molecule has 0 saturated heterocycles. The quantitative estimate of drug-likeness (QED) is 0.424. The summed E-state index contributed by atoms with van der Waals surface area (Å²) in [5.41, 5.74) is -0.578. The molecule has 0 spiro atoms. The van der Waals surface area contributed by atoms with E-state index in [-0.39, 0.29) is 5.75 Å². The third-order valence-corrected chi connectivity index (χ3v) is 5.60. The molecule has 0 radical (unpaired) electrons. The summed E-state index contributed by atoms with van der Waals surface area (Å²) >= 11 is 6.25. The van der Waals surface area contributed by atoms with Crippen molar-refractivity contribution in [2.45, 2.75) is 39.9 Å². The number of ether oxygens (including phenoxy) is 1. The van der Waals surface area contributed by atoms with E-state index in [4.69, 9.17) is 19.1 Å². The van der Waals surface area contributed by atoms with E-state index in [2.05, 4.69) is 15.1 Å². The summed E-state index contributed by atoms with van der Waals surface area (Å²) in [4.78, 5) is 21.1. The predicted octanol–water partition coefficient (Wildman–Crippen LogP) is 4.17. The minimum absolute atomic E-state index is 0.357. The van der Waals surface area contributed by atoms with Crippen LogP contribution in [-0.2, 0) is 12.2 Å². The molecule has 0 amide bonds. The standard InChI is InChI=1S/C24H22ClF2N5O3/c1-13-14(2)29-21(32-8-6-20(30-32)24(3,4)34)10-18(13)31-7-5-19(22(25)23(31)33)35-12-17-16(27)9-15(26)11-28-17/h5-11,34H,12H2,1-4H3/i12D2. The largest absolute Gasteiger partial charge is 0.485 e. The molecule has 4 heterocycles. The van der Waals surface area contributed by atoms with E-state index in [1.165, 1.54) is 21.5 Å². The van der Waals surface area contributed by atoms with E-state index in [0.29, 0.717) is 40.7 Å². The lowest BCUT2D eigenvalue weighted by atomic mass is 10.1. The number of hydrogen-bond donors (Lipinski definition) is 1. The van der Waals surface area contributed by atoms with Gasteiger partial charge in [-0.15, -0.1) is 0 Å². The van der Waals surface area contributed by atoms with Crippen LogP contribution in [0.2, 0.25) is 5.02 Å². The first-order valence-electron chi connectivity index (χ1n) is 11.4. The molecular weight excluding hydrogens is 480 g/mol. The van der Waals surface area contributed by atoms with Gasteiger partial charge in [-0.05, 0) is 45.4 Å². The average molecular weight is 504 g/mol. The van der Waals surface area contributed by atoms with Crippen LogP contribution in [0, 0.1) is 25.5 Å². The summed E-state index contributed by atoms with van der Waals surface area (Å²) in [6.07, 6.45) is 3.60. The second-order valence-electron chi connectivity index (χ2n) is 8.27. The SMILES string of the molecule is [2H]C([2H])(Oc1ccn(-c2cc(-n3ccc(C(C)(C)O)n3)nc(C)c2C)c(=O)c1Cl)c1ncc(F)cc1F. The summed E-state index contributed by atoms with van der Waals surface area (Å²) in [6.45, 7) is 3.87. The fourth-order valence-electron chi connectivity index (χ4n) is 3.20. The zero-order valence-electron chi connectivity index (χ0n) is 21.2. The highest BCUT2D eigenvalue weighted by Crippen LogP contribution is 2.25. The molecule has 8 nitrogen and oxygen atoms in total. The molecule has 1 N–H and O–H groups in total. The van der Waals surface area contributed by atoms with Gasteiger partial charge >= 0.3 is 0 Å². The van der Waals surface area contributed by atoms with Crippen LogP contribution in [0.4, 0.5) is 8.78 Å². The number of halogens is 3. The van der Waals surface area contributed by atoms with Crippen LogP contribution >= 0.6 is 11.6 Å². The Kier molecular flexibility index (Phi) is 5.75. The van der Waals surface area contributed by atoms with Crippen molar-refractivity contribution in [3.8, 4) is 17.3 Å². The Hall–Kier alpha value is -3.63. The van der Waals surface area contributed by atoms with Gasteiger partial charge in [0.15, 0.2) is 11.6 Å². The van der Waals surface area contributed by atoms with Gasteiger partial charge in [-0.1, -0.05) is 11.6 Å². The first-order valence-corrected chi connectivity index (χ1v) is 10.8. The number of hydrogen-bond acceptors (Lipinski definition) is 6. The lowest BCUT2D eigenvalue weighted by molar-refractivity contribution is 0.0734. The molecule has 0 aliphatic carbocycles. The van der Waals surface area contributed by atoms with Crippen molar-refractivity contribution in [1.29, 1.82) is 0 Å². The maximum absolute atomic E-state index is 14.1. The highest BCUT2D eigenvalue weighted by atomic mass is 35.5. The van der Waals surface area contributed by atoms with Gasteiger partial charge in [0.2, 0.25) is 0 Å². The average Bonchev–Trinajstić information content (AvgIpc) is 3.30. The number of aliphatic hydroxyl groups is 1. The Bertz CT molecular complexity index is 1570. The van der Waals surface area contributed by atoms with Gasteiger partial charge in [-0.25, -0.2) is 18.4 Å². The fraction of sp³-hybridized carbons (Fsp3) is 0.250. The van der Waals surface area contributed by atoms with Gasteiger partial charge in [0, 0.05) is 30.2 Å². The van der Waals surface area contributed by atoms with Crippen LogP contribution in [0.1, 0.15) is 39.2 Å². The van der Waals surface area contributed by atoms with E-state index in [1.54, 1.807) is 46.0 Å². The fourth-order valence-corrected chi connectivity index (χ4v) is 3.40. The molecule has 0 bridgehead atoms. The first kappa shape index (κ1) is 21.9. The van der Waals surface area contributed by atoms with Crippen LogP contribution in [0.5, 0.6) is 5.75 Å².